The van der Waals surface area contributed by atoms with Gasteiger partial charge in [-0.05, 0) is 28.3 Å². The highest BCUT2D eigenvalue weighted by molar-refractivity contribution is 5.83. The summed E-state index contributed by atoms with van der Waals surface area (Å²) in [6, 6.07) is 13.4. The largest absolute Gasteiger partial charge is 0.481 e. The maximum absolute atomic E-state index is 11.3. The fraction of sp³-hybridized carbons (Fsp3) is 0.312. The van der Waals surface area contributed by atoms with Crippen molar-refractivity contribution in [3.05, 3.63) is 48.0 Å². The van der Waals surface area contributed by atoms with Crippen molar-refractivity contribution < 1.29 is 9.90 Å². The van der Waals surface area contributed by atoms with Crippen LogP contribution in [0.15, 0.2) is 42.5 Å². The summed E-state index contributed by atoms with van der Waals surface area (Å²) in [4.78, 5) is 11.3. The van der Waals surface area contributed by atoms with Gasteiger partial charge >= 0.3 is 5.97 Å². The van der Waals surface area contributed by atoms with Crippen LogP contribution in [0, 0.1) is 11.8 Å². The molecular weight excluding hydrogens is 238 g/mol. The van der Waals surface area contributed by atoms with Crippen molar-refractivity contribution in [2.45, 2.75) is 19.9 Å². The van der Waals surface area contributed by atoms with Crippen molar-refractivity contribution in [1.82, 2.24) is 0 Å². The van der Waals surface area contributed by atoms with E-state index in [4.69, 9.17) is 5.73 Å². The number of nitrogens with two attached hydrogens (primary N) is 1. The zero-order chi connectivity index (χ0) is 14.0. The van der Waals surface area contributed by atoms with Crippen molar-refractivity contribution >= 4 is 16.7 Å². The Morgan fingerprint density at radius 1 is 1.11 bits per heavy atom. The van der Waals surface area contributed by atoms with Crippen molar-refractivity contribution in [2.24, 2.45) is 17.6 Å². The lowest BCUT2D eigenvalue weighted by Gasteiger charge is -2.24. The van der Waals surface area contributed by atoms with Crippen molar-refractivity contribution in [2.75, 3.05) is 0 Å². The number of rotatable bonds is 4. The molecule has 0 spiro atoms. The molecule has 0 heterocycles. The SMILES string of the molecule is CC(C)C(C(=O)O)C(N)c1ccc2ccccc2c1. The molecule has 3 N–H and O–H groups in total. The molecule has 0 amide bonds. The Hall–Kier alpha value is -1.87. The third kappa shape index (κ3) is 2.76. The monoisotopic (exact) mass is 257 g/mol. The minimum absolute atomic E-state index is 0.000953. The van der Waals surface area contributed by atoms with Gasteiger partial charge in [0.25, 0.3) is 0 Å². The maximum Gasteiger partial charge on any atom is 0.308 e. The Balaban J connectivity index is 2.40. The van der Waals surface area contributed by atoms with Crippen LogP contribution in [0.3, 0.4) is 0 Å². The number of hydrogen-bond acceptors (Lipinski definition) is 2. The van der Waals surface area contributed by atoms with E-state index in [0.29, 0.717) is 0 Å². The number of carboxylic acids is 1. The number of carbonyl (C=O) groups is 1. The van der Waals surface area contributed by atoms with Gasteiger partial charge in [0, 0.05) is 6.04 Å². The molecule has 19 heavy (non-hydrogen) atoms. The quantitative estimate of drug-likeness (QED) is 0.884. The molecule has 100 valence electrons. The molecule has 2 rings (SSSR count). The minimum Gasteiger partial charge on any atom is -0.481 e. The molecule has 0 aliphatic rings. The van der Waals surface area contributed by atoms with E-state index in [1.165, 1.54) is 0 Å². The Kier molecular flexibility index (Phi) is 3.86. The summed E-state index contributed by atoms with van der Waals surface area (Å²) in [5, 5.41) is 11.5. The first kappa shape index (κ1) is 13.6. The third-order valence-corrected chi connectivity index (χ3v) is 3.55. The van der Waals surface area contributed by atoms with Gasteiger partial charge in [-0.1, -0.05) is 50.2 Å². The van der Waals surface area contributed by atoms with Gasteiger partial charge in [-0.3, -0.25) is 4.79 Å². The van der Waals surface area contributed by atoms with E-state index in [9.17, 15) is 9.90 Å². The van der Waals surface area contributed by atoms with Gasteiger partial charge in [0.15, 0.2) is 0 Å². The van der Waals surface area contributed by atoms with Gasteiger partial charge in [-0.15, -0.1) is 0 Å². The van der Waals surface area contributed by atoms with Gasteiger partial charge in [-0.2, -0.15) is 0 Å². The van der Waals surface area contributed by atoms with Crippen LogP contribution < -0.4 is 5.73 Å². The lowest BCUT2D eigenvalue weighted by Crippen LogP contribution is -2.32. The highest BCUT2D eigenvalue weighted by Gasteiger charge is 2.29. The van der Waals surface area contributed by atoms with E-state index < -0.39 is 17.9 Å². The highest BCUT2D eigenvalue weighted by Crippen LogP contribution is 2.28. The zero-order valence-corrected chi connectivity index (χ0v) is 11.2. The number of carboxylic acid groups (broad SMARTS) is 1. The van der Waals surface area contributed by atoms with Crippen LogP contribution in [-0.2, 0) is 4.79 Å². The molecular formula is C16H19NO2. The van der Waals surface area contributed by atoms with E-state index in [2.05, 4.69) is 0 Å². The number of aliphatic carboxylic acids is 1. The summed E-state index contributed by atoms with van der Waals surface area (Å²) in [6.45, 7) is 3.78. The molecule has 0 aliphatic heterocycles. The van der Waals surface area contributed by atoms with Gasteiger partial charge < -0.3 is 10.8 Å². The Morgan fingerprint density at radius 2 is 1.74 bits per heavy atom. The molecule has 0 aromatic heterocycles. The second kappa shape index (κ2) is 5.41. The molecule has 2 unspecified atom stereocenters. The summed E-state index contributed by atoms with van der Waals surface area (Å²) >= 11 is 0. The fourth-order valence-electron chi connectivity index (χ4n) is 2.48. The highest BCUT2D eigenvalue weighted by atomic mass is 16.4. The van der Waals surface area contributed by atoms with E-state index in [0.717, 1.165) is 16.3 Å². The van der Waals surface area contributed by atoms with Crippen LogP contribution in [0.25, 0.3) is 10.8 Å². The molecule has 0 saturated heterocycles. The summed E-state index contributed by atoms with van der Waals surface area (Å²) in [7, 11) is 0. The van der Waals surface area contributed by atoms with E-state index in [-0.39, 0.29) is 5.92 Å². The normalized spacial score (nSPS) is 14.5. The van der Waals surface area contributed by atoms with Crippen LogP contribution in [0.4, 0.5) is 0 Å². The molecule has 0 bridgehead atoms. The van der Waals surface area contributed by atoms with Gasteiger partial charge in [0.1, 0.15) is 0 Å². The third-order valence-electron chi connectivity index (χ3n) is 3.55. The van der Waals surface area contributed by atoms with Crippen molar-refractivity contribution in [1.29, 1.82) is 0 Å². The van der Waals surface area contributed by atoms with E-state index in [1.807, 2.05) is 56.3 Å². The first-order valence-electron chi connectivity index (χ1n) is 6.48. The Bertz CT molecular complexity index is 592. The first-order valence-corrected chi connectivity index (χ1v) is 6.48. The minimum atomic E-state index is -0.837. The Morgan fingerprint density at radius 3 is 2.32 bits per heavy atom. The molecule has 2 aromatic carbocycles. The molecule has 2 aromatic rings. The summed E-state index contributed by atoms with van der Waals surface area (Å²) in [5.41, 5.74) is 7.03. The topological polar surface area (TPSA) is 63.3 Å². The second-order valence-corrected chi connectivity index (χ2v) is 5.24. The molecule has 0 fully saturated rings. The zero-order valence-electron chi connectivity index (χ0n) is 11.2. The van der Waals surface area contributed by atoms with Crippen molar-refractivity contribution in [3.8, 4) is 0 Å². The summed E-state index contributed by atoms with van der Waals surface area (Å²) in [5.74, 6) is -1.41. The van der Waals surface area contributed by atoms with Gasteiger partial charge in [0.05, 0.1) is 5.92 Å². The van der Waals surface area contributed by atoms with Crippen LogP contribution in [0.5, 0.6) is 0 Å². The smallest absolute Gasteiger partial charge is 0.308 e. The summed E-state index contributed by atoms with van der Waals surface area (Å²) < 4.78 is 0. The number of hydrogen-bond donors (Lipinski definition) is 2. The average molecular weight is 257 g/mol. The van der Waals surface area contributed by atoms with Gasteiger partial charge in [-0.25, -0.2) is 0 Å². The average Bonchev–Trinajstić information content (AvgIpc) is 2.37. The van der Waals surface area contributed by atoms with E-state index >= 15 is 0 Å². The van der Waals surface area contributed by atoms with Crippen molar-refractivity contribution in [3.63, 3.8) is 0 Å². The van der Waals surface area contributed by atoms with Crippen LogP contribution in [0.2, 0.25) is 0 Å². The lowest BCUT2D eigenvalue weighted by atomic mass is 9.84. The maximum atomic E-state index is 11.3. The molecule has 2 atom stereocenters. The molecule has 0 saturated carbocycles. The predicted octanol–water partition coefficient (Wildman–Crippen LogP) is 3.20. The molecule has 3 nitrogen and oxygen atoms in total. The van der Waals surface area contributed by atoms with Crippen LogP contribution >= 0.6 is 0 Å². The first-order chi connectivity index (χ1) is 9.00. The molecule has 0 radical (unpaired) electrons. The molecule has 0 aliphatic carbocycles. The Labute approximate surface area is 113 Å². The second-order valence-electron chi connectivity index (χ2n) is 5.24. The standard InChI is InChI=1S/C16H19NO2/c1-10(2)14(16(18)19)15(17)13-8-7-11-5-3-4-6-12(11)9-13/h3-10,14-15H,17H2,1-2H3,(H,18,19). The number of benzene rings is 2. The van der Waals surface area contributed by atoms with Gasteiger partial charge in [0.2, 0.25) is 0 Å². The predicted molar refractivity (Wildman–Crippen MR) is 76.8 cm³/mol. The van der Waals surface area contributed by atoms with Crippen LogP contribution in [-0.4, -0.2) is 11.1 Å². The fourth-order valence-corrected chi connectivity index (χ4v) is 2.48. The lowest BCUT2D eigenvalue weighted by molar-refractivity contribution is -0.144. The van der Waals surface area contributed by atoms with Crippen LogP contribution in [0.1, 0.15) is 25.5 Å². The summed E-state index contributed by atoms with van der Waals surface area (Å²) in [6.07, 6.45) is 0. The molecule has 3 heteroatoms. The number of fused-ring (bicyclic) bond motifs is 1. The van der Waals surface area contributed by atoms with E-state index in [1.54, 1.807) is 0 Å².